The fourth-order valence-corrected chi connectivity index (χ4v) is 1.98. The largest absolute Gasteiger partial charge is 0.494 e. The summed E-state index contributed by atoms with van der Waals surface area (Å²) in [7, 11) is 0. The molecule has 0 unspecified atom stereocenters. The summed E-state index contributed by atoms with van der Waals surface area (Å²) < 4.78 is 5.58. The first kappa shape index (κ1) is 16.6. The molecule has 0 atom stereocenters. The van der Waals surface area contributed by atoms with Crippen molar-refractivity contribution in [2.75, 3.05) is 6.61 Å². The van der Waals surface area contributed by atoms with Gasteiger partial charge in [0.15, 0.2) is 0 Å². The summed E-state index contributed by atoms with van der Waals surface area (Å²) in [6, 6.07) is 15.7. The van der Waals surface area contributed by atoms with E-state index in [1.54, 1.807) is 0 Å². The molecule has 2 aromatic carbocycles. The molecule has 0 fully saturated rings. The number of hydrogen-bond donors (Lipinski definition) is 1. The highest BCUT2D eigenvalue weighted by molar-refractivity contribution is 5.66. The molecular weight excluding hydrogens is 288 g/mol. The van der Waals surface area contributed by atoms with Gasteiger partial charge in [-0.15, -0.1) is 0 Å². The second-order valence-corrected chi connectivity index (χ2v) is 5.34. The summed E-state index contributed by atoms with van der Waals surface area (Å²) in [6.07, 6.45) is 1.56. The van der Waals surface area contributed by atoms with Gasteiger partial charge in [-0.05, 0) is 56.2 Å². The van der Waals surface area contributed by atoms with E-state index in [9.17, 15) is 4.79 Å². The van der Waals surface area contributed by atoms with Crippen LogP contribution >= 0.6 is 0 Å². The van der Waals surface area contributed by atoms with Gasteiger partial charge in [0.1, 0.15) is 5.75 Å². The van der Waals surface area contributed by atoms with E-state index in [2.05, 4.69) is 18.8 Å². The third-order valence-electron chi connectivity index (χ3n) is 3.31. The van der Waals surface area contributed by atoms with Crippen molar-refractivity contribution < 1.29 is 14.6 Å². The quantitative estimate of drug-likeness (QED) is 0.647. The molecule has 0 radical (unpaired) electrons. The average Bonchev–Trinajstić information content (AvgIpc) is 2.55. The number of benzene rings is 2. The minimum absolute atomic E-state index is 0.191. The van der Waals surface area contributed by atoms with E-state index in [1.165, 1.54) is 5.56 Å². The van der Waals surface area contributed by atoms with E-state index in [4.69, 9.17) is 9.84 Å². The molecule has 0 amide bonds. The van der Waals surface area contributed by atoms with Crippen molar-refractivity contribution in [3.05, 3.63) is 65.2 Å². The Morgan fingerprint density at radius 3 is 2.09 bits per heavy atom. The standard InChI is InChI=1S/C20H20O3/c1-16-5-7-17(8-6-16)9-10-18-11-13-19(14-12-18)23-15-3-2-4-20(21)22/h5-8,11-14H,2-4,15H2,1H3,(H,21,22). The minimum Gasteiger partial charge on any atom is -0.494 e. The number of aliphatic carboxylic acids is 1. The van der Waals surface area contributed by atoms with Crippen LogP contribution in [0.2, 0.25) is 0 Å². The molecule has 2 rings (SSSR count). The molecule has 0 aliphatic carbocycles. The molecule has 0 heterocycles. The summed E-state index contributed by atoms with van der Waals surface area (Å²) >= 11 is 0. The molecule has 0 saturated carbocycles. The fourth-order valence-electron chi connectivity index (χ4n) is 1.98. The highest BCUT2D eigenvalue weighted by atomic mass is 16.5. The molecule has 0 spiro atoms. The highest BCUT2D eigenvalue weighted by Gasteiger charge is 1.98. The zero-order valence-corrected chi connectivity index (χ0v) is 13.2. The molecule has 3 heteroatoms. The van der Waals surface area contributed by atoms with E-state index in [1.807, 2.05) is 48.5 Å². The first-order valence-corrected chi connectivity index (χ1v) is 7.67. The Morgan fingerprint density at radius 2 is 1.52 bits per heavy atom. The summed E-state index contributed by atoms with van der Waals surface area (Å²) in [5, 5.41) is 8.55. The summed E-state index contributed by atoms with van der Waals surface area (Å²) in [6.45, 7) is 2.58. The summed E-state index contributed by atoms with van der Waals surface area (Å²) in [5.41, 5.74) is 3.15. The first-order chi connectivity index (χ1) is 11.1. The van der Waals surface area contributed by atoms with Crippen molar-refractivity contribution in [3.63, 3.8) is 0 Å². The molecular formula is C20H20O3. The number of carboxylic acids is 1. The lowest BCUT2D eigenvalue weighted by molar-refractivity contribution is -0.137. The van der Waals surface area contributed by atoms with Crippen molar-refractivity contribution in [2.45, 2.75) is 26.2 Å². The second kappa shape index (κ2) is 8.65. The number of unbranched alkanes of at least 4 members (excludes halogenated alkanes) is 1. The van der Waals surface area contributed by atoms with Gasteiger partial charge in [-0.2, -0.15) is 0 Å². The number of carbonyl (C=O) groups is 1. The SMILES string of the molecule is Cc1ccc(C#Cc2ccc(OCCCCC(=O)O)cc2)cc1. The molecule has 0 aromatic heterocycles. The fraction of sp³-hybridized carbons (Fsp3) is 0.250. The predicted octanol–water partition coefficient (Wildman–Crippen LogP) is 4.03. The van der Waals surface area contributed by atoms with Gasteiger partial charge < -0.3 is 9.84 Å². The highest BCUT2D eigenvalue weighted by Crippen LogP contribution is 2.12. The van der Waals surface area contributed by atoms with Crippen molar-refractivity contribution in [2.24, 2.45) is 0 Å². The van der Waals surface area contributed by atoms with E-state index < -0.39 is 5.97 Å². The van der Waals surface area contributed by atoms with Gasteiger partial charge in [0.2, 0.25) is 0 Å². The normalized spacial score (nSPS) is 9.78. The smallest absolute Gasteiger partial charge is 0.303 e. The van der Waals surface area contributed by atoms with Gasteiger partial charge in [-0.1, -0.05) is 29.5 Å². The molecule has 23 heavy (non-hydrogen) atoms. The number of hydrogen-bond acceptors (Lipinski definition) is 2. The molecule has 0 aliphatic heterocycles. The molecule has 0 saturated heterocycles. The Kier molecular flexibility index (Phi) is 6.26. The predicted molar refractivity (Wildman–Crippen MR) is 90.6 cm³/mol. The van der Waals surface area contributed by atoms with Crippen LogP contribution in [0, 0.1) is 18.8 Å². The molecule has 0 bridgehead atoms. The molecule has 3 nitrogen and oxygen atoms in total. The minimum atomic E-state index is -0.762. The van der Waals surface area contributed by atoms with Gasteiger partial charge >= 0.3 is 5.97 Å². The van der Waals surface area contributed by atoms with Crippen LogP contribution in [-0.2, 0) is 4.79 Å². The van der Waals surface area contributed by atoms with Crippen LogP contribution in [0.15, 0.2) is 48.5 Å². The summed E-state index contributed by atoms with van der Waals surface area (Å²) in [5.74, 6) is 6.27. The third-order valence-corrected chi connectivity index (χ3v) is 3.31. The van der Waals surface area contributed by atoms with Crippen LogP contribution < -0.4 is 4.74 Å². The molecule has 0 aliphatic rings. The Labute approximate surface area is 136 Å². The number of carboxylic acid groups (broad SMARTS) is 1. The Bertz CT molecular complexity index is 688. The van der Waals surface area contributed by atoms with Crippen LogP contribution in [0.4, 0.5) is 0 Å². The number of ether oxygens (including phenoxy) is 1. The Balaban J connectivity index is 1.83. The van der Waals surface area contributed by atoms with Crippen LogP contribution in [0.5, 0.6) is 5.75 Å². The first-order valence-electron chi connectivity index (χ1n) is 7.67. The van der Waals surface area contributed by atoms with Gasteiger partial charge in [0.25, 0.3) is 0 Å². The molecule has 118 valence electrons. The van der Waals surface area contributed by atoms with E-state index >= 15 is 0 Å². The third kappa shape index (κ3) is 6.27. The van der Waals surface area contributed by atoms with Crippen molar-refractivity contribution >= 4 is 5.97 Å². The van der Waals surface area contributed by atoms with E-state index in [0.717, 1.165) is 23.3 Å². The van der Waals surface area contributed by atoms with Crippen molar-refractivity contribution in [1.29, 1.82) is 0 Å². The second-order valence-electron chi connectivity index (χ2n) is 5.34. The van der Waals surface area contributed by atoms with Crippen molar-refractivity contribution in [1.82, 2.24) is 0 Å². The zero-order chi connectivity index (χ0) is 16.5. The lowest BCUT2D eigenvalue weighted by atomic mass is 10.1. The monoisotopic (exact) mass is 308 g/mol. The summed E-state index contributed by atoms with van der Waals surface area (Å²) in [4.78, 5) is 10.4. The van der Waals surface area contributed by atoms with Crippen LogP contribution in [0.1, 0.15) is 36.0 Å². The lowest BCUT2D eigenvalue weighted by Gasteiger charge is -2.05. The number of rotatable bonds is 6. The topological polar surface area (TPSA) is 46.5 Å². The van der Waals surface area contributed by atoms with Gasteiger partial charge in [0, 0.05) is 17.5 Å². The van der Waals surface area contributed by atoms with Crippen LogP contribution in [0.3, 0.4) is 0 Å². The maximum Gasteiger partial charge on any atom is 0.303 e. The maximum absolute atomic E-state index is 10.4. The lowest BCUT2D eigenvalue weighted by Crippen LogP contribution is -2.00. The maximum atomic E-state index is 10.4. The van der Waals surface area contributed by atoms with Gasteiger partial charge in [0.05, 0.1) is 6.61 Å². The zero-order valence-electron chi connectivity index (χ0n) is 13.2. The van der Waals surface area contributed by atoms with Crippen molar-refractivity contribution in [3.8, 4) is 17.6 Å². The van der Waals surface area contributed by atoms with E-state index in [0.29, 0.717) is 13.0 Å². The molecule has 2 aromatic rings. The average molecular weight is 308 g/mol. The Morgan fingerprint density at radius 1 is 0.957 bits per heavy atom. The Hall–Kier alpha value is -2.73. The van der Waals surface area contributed by atoms with Crippen LogP contribution in [0.25, 0.3) is 0 Å². The van der Waals surface area contributed by atoms with Crippen LogP contribution in [-0.4, -0.2) is 17.7 Å². The van der Waals surface area contributed by atoms with Gasteiger partial charge in [-0.25, -0.2) is 0 Å². The number of aryl methyl sites for hydroxylation is 1. The van der Waals surface area contributed by atoms with Gasteiger partial charge in [-0.3, -0.25) is 4.79 Å². The molecule has 1 N–H and O–H groups in total. The van der Waals surface area contributed by atoms with E-state index in [-0.39, 0.29) is 6.42 Å².